The fraction of sp³-hybridized carbons (Fsp3) is 0.471. The highest BCUT2D eigenvalue weighted by molar-refractivity contribution is 5.74. The zero-order valence-electron chi connectivity index (χ0n) is 14.7. The van der Waals surface area contributed by atoms with Crippen molar-refractivity contribution in [3.05, 3.63) is 41.5 Å². The Morgan fingerprint density at radius 2 is 2.04 bits per heavy atom. The van der Waals surface area contributed by atoms with Crippen LogP contribution in [-0.4, -0.2) is 40.0 Å². The highest BCUT2D eigenvalue weighted by Crippen LogP contribution is 2.22. The first-order chi connectivity index (χ1) is 11.5. The zero-order chi connectivity index (χ0) is 17.5. The molecule has 0 saturated heterocycles. The molecule has 0 saturated carbocycles. The van der Waals surface area contributed by atoms with Crippen LogP contribution in [0.2, 0.25) is 0 Å². The van der Waals surface area contributed by atoms with E-state index in [4.69, 9.17) is 4.74 Å². The third-order valence-electron chi connectivity index (χ3n) is 3.70. The standard InChI is InChI=1S/C17H25N5O2/c1-12-6-5-7-13(2)16(12)24-10-14(3)21-17(23)18-9-8-15-19-11-20-22(15)4/h5-7,11,14H,8-10H2,1-4H3,(H2,18,21,23). The highest BCUT2D eigenvalue weighted by atomic mass is 16.5. The number of para-hydroxylation sites is 1. The quantitative estimate of drug-likeness (QED) is 0.810. The zero-order valence-corrected chi connectivity index (χ0v) is 14.7. The number of aromatic nitrogens is 3. The molecule has 0 spiro atoms. The van der Waals surface area contributed by atoms with E-state index < -0.39 is 0 Å². The minimum absolute atomic E-state index is 0.0983. The molecule has 2 aromatic rings. The second-order valence-electron chi connectivity index (χ2n) is 5.88. The summed E-state index contributed by atoms with van der Waals surface area (Å²) >= 11 is 0. The first-order valence-corrected chi connectivity index (χ1v) is 8.03. The van der Waals surface area contributed by atoms with Crippen molar-refractivity contribution in [2.75, 3.05) is 13.2 Å². The van der Waals surface area contributed by atoms with Crippen molar-refractivity contribution < 1.29 is 9.53 Å². The molecule has 1 atom stereocenters. The van der Waals surface area contributed by atoms with Crippen LogP contribution in [0.4, 0.5) is 4.79 Å². The van der Waals surface area contributed by atoms with Crippen LogP contribution >= 0.6 is 0 Å². The van der Waals surface area contributed by atoms with Gasteiger partial charge in [0, 0.05) is 20.0 Å². The number of nitrogens with zero attached hydrogens (tertiary/aromatic N) is 3. The van der Waals surface area contributed by atoms with Gasteiger partial charge in [-0.15, -0.1) is 0 Å². The van der Waals surface area contributed by atoms with Gasteiger partial charge < -0.3 is 15.4 Å². The largest absolute Gasteiger partial charge is 0.491 e. The van der Waals surface area contributed by atoms with Crippen LogP contribution in [0.3, 0.4) is 0 Å². The summed E-state index contributed by atoms with van der Waals surface area (Å²) in [5.41, 5.74) is 2.19. The van der Waals surface area contributed by atoms with E-state index in [9.17, 15) is 4.79 Å². The molecule has 130 valence electrons. The normalized spacial score (nSPS) is 11.8. The maximum absolute atomic E-state index is 11.9. The molecule has 7 nitrogen and oxygen atoms in total. The predicted molar refractivity (Wildman–Crippen MR) is 92.1 cm³/mol. The molecule has 7 heteroatoms. The van der Waals surface area contributed by atoms with Crippen LogP contribution < -0.4 is 15.4 Å². The van der Waals surface area contributed by atoms with E-state index in [0.29, 0.717) is 19.6 Å². The second kappa shape index (κ2) is 8.33. The van der Waals surface area contributed by atoms with Gasteiger partial charge in [-0.25, -0.2) is 9.78 Å². The molecule has 0 aliphatic carbocycles. The van der Waals surface area contributed by atoms with Crippen molar-refractivity contribution in [1.29, 1.82) is 0 Å². The maximum atomic E-state index is 11.9. The Bertz CT molecular complexity index is 663. The van der Waals surface area contributed by atoms with Crippen molar-refractivity contribution in [1.82, 2.24) is 25.4 Å². The number of carbonyl (C=O) groups is 1. The SMILES string of the molecule is Cc1cccc(C)c1OCC(C)NC(=O)NCCc1ncnn1C. The Morgan fingerprint density at radius 1 is 1.33 bits per heavy atom. The summed E-state index contributed by atoms with van der Waals surface area (Å²) in [5, 5.41) is 9.67. The van der Waals surface area contributed by atoms with Gasteiger partial charge in [-0.1, -0.05) is 18.2 Å². The summed E-state index contributed by atoms with van der Waals surface area (Å²) in [6.07, 6.45) is 2.14. The van der Waals surface area contributed by atoms with Crippen LogP contribution in [0.15, 0.2) is 24.5 Å². The van der Waals surface area contributed by atoms with E-state index in [1.54, 1.807) is 4.68 Å². The van der Waals surface area contributed by atoms with Crippen molar-refractivity contribution in [2.24, 2.45) is 7.05 Å². The summed E-state index contributed by atoms with van der Waals surface area (Å²) in [6.45, 7) is 6.86. The number of nitrogens with one attached hydrogen (secondary N) is 2. The molecule has 0 aliphatic rings. The van der Waals surface area contributed by atoms with E-state index in [-0.39, 0.29) is 12.1 Å². The van der Waals surface area contributed by atoms with Crippen LogP contribution in [0.25, 0.3) is 0 Å². The molecular formula is C17H25N5O2. The van der Waals surface area contributed by atoms with E-state index >= 15 is 0 Å². The lowest BCUT2D eigenvalue weighted by Crippen LogP contribution is -2.44. The van der Waals surface area contributed by atoms with Gasteiger partial charge in [0.1, 0.15) is 24.5 Å². The number of ether oxygens (including phenoxy) is 1. The Hall–Kier alpha value is -2.57. The maximum Gasteiger partial charge on any atom is 0.315 e. The summed E-state index contributed by atoms with van der Waals surface area (Å²) < 4.78 is 7.54. The molecule has 1 aromatic carbocycles. The summed E-state index contributed by atoms with van der Waals surface area (Å²) in [7, 11) is 1.83. The first kappa shape index (κ1) is 17.8. The Morgan fingerprint density at radius 3 is 2.67 bits per heavy atom. The van der Waals surface area contributed by atoms with Gasteiger partial charge in [0.05, 0.1) is 6.04 Å². The van der Waals surface area contributed by atoms with Crippen molar-refractivity contribution in [2.45, 2.75) is 33.2 Å². The lowest BCUT2D eigenvalue weighted by molar-refractivity contribution is 0.226. The first-order valence-electron chi connectivity index (χ1n) is 8.03. The van der Waals surface area contributed by atoms with Gasteiger partial charge in [0.15, 0.2) is 0 Å². The van der Waals surface area contributed by atoms with Gasteiger partial charge in [-0.2, -0.15) is 5.10 Å². The van der Waals surface area contributed by atoms with Gasteiger partial charge in [0.2, 0.25) is 0 Å². The van der Waals surface area contributed by atoms with E-state index in [1.165, 1.54) is 6.33 Å². The Labute approximate surface area is 142 Å². The number of amides is 2. The highest BCUT2D eigenvalue weighted by Gasteiger charge is 2.10. The average Bonchev–Trinajstić information content (AvgIpc) is 2.92. The molecule has 1 heterocycles. The molecule has 2 rings (SSSR count). The van der Waals surface area contributed by atoms with Crippen LogP contribution in [0.1, 0.15) is 23.9 Å². The molecule has 24 heavy (non-hydrogen) atoms. The fourth-order valence-electron chi connectivity index (χ4n) is 2.39. The number of hydrogen-bond acceptors (Lipinski definition) is 4. The number of hydrogen-bond donors (Lipinski definition) is 2. The minimum atomic E-state index is -0.213. The van der Waals surface area contributed by atoms with E-state index in [2.05, 4.69) is 20.7 Å². The fourth-order valence-corrected chi connectivity index (χ4v) is 2.39. The van der Waals surface area contributed by atoms with E-state index in [0.717, 1.165) is 22.7 Å². The third-order valence-corrected chi connectivity index (χ3v) is 3.70. The average molecular weight is 331 g/mol. The molecular weight excluding hydrogens is 306 g/mol. The van der Waals surface area contributed by atoms with Crippen LogP contribution in [0, 0.1) is 13.8 Å². The van der Waals surface area contributed by atoms with Gasteiger partial charge >= 0.3 is 6.03 Å². The summed E-state index contributed by atoms with van der Waals surface area (Å²) in [6, 6.07) is 5.72. The Balaban J connectivity index is 1.71. The molecule has 0 aliphatic heterocycles. The van der Waals surface area contributed by atoms with Gasteiger partial charge in [-0.05, 0) is 31.9 Å². The Kier molecular flexibility index (Phi) is 6.17. The van der Waals surface area contributed by atoms with Crippen LogP contribution in [-0.2, 0) is 13.5 Å². The van der Waals surface area contributed by atoms with Gasteiger partial charge in [0.25, 0.3) is 0 Å². The lowest BCUT2D eigenvalue weighted by Gasteiger charge is -2.17. The molecule has 1 aromatic heterocycles. The smallest absolute Gasteiger partial charge is 0.315 e. The lowest BCUT2D eigenvalue weighted by atomic mass is 10.1. The number of urea groups is 1. The number of aryl methyl sites for hydroxylation is 3. The second-order valence-corrected chi connectivity index (χ2v) is 5.88. The van der Waals surface area contributed by atoms with E-state index in [1.807, 2.05) is 46.0 Å². The van der Waals surface area contributed by atoms with Crippen molar-refractivity contribution >= 4 is 6.03 Å². The van der Waals surface area contributed by atoms with Crippen molar-refractivity contribution in [3.8, 4) is 5.75 Å². The topological polar surface area (TPSA) is 81.1 Å². The van der Waals surface area contributed by atoms with Gasteiger partial charge in [-0.3, -0.25) is 4.68 Å². The minimum Gasteiger partial charge on any atom is -0.491 e. The molecule has 0 bridgehead atoms. The molecule has 2 N–H and O–H groups in total. The number of benzene rings is 1. The van der Waals surface area contributed by atoms with Crippen LogP contribution in [0.5, 0.6) is 5.75 Å². The monoisotopic (exact) mass is 331 g/mol. The van der Waals surface area contributed by atoms with Crippen molar-refractivity contribution in [3.63, 3.8) is 0 Å². The summed E-state index contributed by atoms with van der Waals surface area (Å²) in [5.74, 6) is 1.72. The number of carbonyl (C=O) groups excluding carboxylic acids is 1. The predicted octanol–water partition coefficient (Wildman–Crippen LogP) is 1.74. The summed E-state index contributed by atoms with van der Waals surface area (Å²) in [4.78, 5) is 16.0. The number of rotatable bonds is 7. The molecule has 1 unspecified atom stereocenters. The molecule has 0 radical (unpaired) electrons. The third kappa shape index (κ3) is 4.97. The molecule has 2 amide bonds. The molecule has 0 fully saturated rings.